The molecule has 0 aliphatic carbocycles. The average molecular weight is 359 g/mol. The molecule has 2 heterocycles. The second-order valence-corrected chi connectivity index (χ2v) is 6.04. The van der Waals surface area contributed by atoms with E-state index in [0.717, 1.165) is 5.56 Å². The predicted octanol–water partition coefficient (Wildman–Crippen LogP) is 4.83. The lowest BCUT2D eigenvalue weighted by Gasteiger charge is -2.03. The summed E-state index contributed by atoms with van der Waals surface area (Å²) in [7, 11) is 0. The van der Waals surface area contributed by atoms with Crippen molar-refractivity contribution in [3.63, 3.8) is 0 Å². The standard InChI is InChI=1S/C19H16ClFN2O2/c1-12-3-10-18(25-12)17(24)9-8-16-13(2)22-23(19(16)20)11-14-4-6-15(21)7-5-14/h3-10H,11H2,1-2H3. The maximum Gasteiger partial charge on any atom is 0.221 e. The third-order valence-corrected chi connectivity index (χ3v) is 4.14. The van der Waals surface area contributed by atoms with Crippen LogP contribution in [0.1, 0.15) is 33.1 Å². The van der Waals surface area contributed by atoms with Crippen molar-refractivity contribution in [2.75, 3.05) is 0 Å². The molecule has 0 saturated carbocycles. The Morgan fingerprint density at radius 3 is 2.60 bits per heavy atom. The van der Waals surface area contributed by atoms with E-state index in [2.05, 4.69) is 5.10 Å². The van der Waals surface area contributed by atoms with Crippen molar-refractivity contribution < 1.29 is 13.6 Å². The molecule has 0 amide bonds. The van der Waals surface area contributed by atoms with Crippen LogP contribution in [0.2, 0.25) is 5.15 Å². The first-order valence-electron chi connectivity index (χ1n) is 7.70. The number of nitrogens with zero attached hydrogens (tertiary/aromatic N) is 2. The van der Waals surface area contributed by atoms with E-state index in [1.54, 1.807) is 41.9 Å². The average Bonchev–Trinajstić information content (AvgIpc) is 3.12. The summed E-state index contributed by atoms with van der Waals surface area (Å²) in [6.07, 6.45) is 3.04. The molecule has 1 aromatic carbocycles. The summed E-state index contributed by atoms with van der Waals surface area (Å²) in [5, 5.41) is 4.81. The molecule has 0 atom stereocenters. The van der Waals surface area contributed by atoms with Gasteiger partial charge in [0, 0.05) is 5.56 Å². The molecular formula is C19H16ClFN2O2. The van der Waals surface area contributed by atoms with Gasteiger partial charge in [0.2, 0.25) is 5.78 Å². The normalized spacial score (nSPS) is 11.4. The number of hydrogen-bond donors (Lipinski definition) is 0. The summed E-state index contributed by atoms with van der Waals surface area (Å²) >= 11 is 6.38. The van der Waals surface area contributed by atoms with Crippen LogP contribution in [0.4, 0.5) is 4.39 Å². The minimum atomic E-state index is -0.290. The van der Waals surface area contributed by atoms with Crippen molar-refractivity contribution in [2.45, 2.75) is 20.4 Å². The first-order chi connectivity index (χ1) is 11.9. The summed E-state index contributed by atoms with van der Waals surface area (Å²) < 4.78 is 19.9. The SMILES string of the molecule is Cc1ccc(C(=O)C=Cc2c(C)nn(Cc3ccc(F)cc3)c2Cl)o1. The summed E-state index contributed by atoms with van der Waals surface area (Å²) in [6, 6.07) is 9.52. The highest BCUT2D eigenvalue weighted by Gasteiger charge is 2.13. The van der Waals surface area contributed by atoms with Crippen LogP contribution in [0.3, 0.4) is 0 Å². The van der Waals surface area contributed by atoms with Gasteiger partial charge in [0.05, 0.1) is 12.2 Å². The van der Waals surface area contributed by atoms with Gasteiger partial charge in [-0.3, -0.25) is 4.79 Å². The molecule has 3 aromatic rings. The van der Waals surface area contributed by atoms with E-state index in [1.165, 1.54) is 18.2 Å². The monoisotopic (exact) mass is 358 g/mol. The number of furan rings is 1. The number of aromatic nitrogens is 2. The Kier molecular flexibility index (Phi) is 4.86. The van der Waals surface area contributed by atoms with Crippen molar-refractivity contribution in [3.05, 3.63) is 81.8 Å². The third kappa shape index (κ3) is 3.88. The molecule has 0 saturated heterocycles. The number of halogens is 2. The molecule has 0 fully saturated rings. The zero-order valence-corrected chi connectivity index (χ0v) is 14.5. The Morgan fingerprint density at radius 1 is 1.24 bits per heavy atom. The maximum atomic E-state index is 13.0. The van der Waals surface area contributed by atoms with Crippen LogP contribution in [0.25, 0.3) is 6.08 Å². The summed E-state index contributed by atoms with van der Waals surface area (Å²) in [6.45, 7) is 4.01. The van der Waals surface area contributed by atoms with Gasteiger partial charge in [-0.25, -0.2) is 9.07 Å². The first-order valence-corrected chi connectivity index (χ1v) is 8.08. The van der Waals surface area contributed by atoms with Crippen LogP contribution in [-0.4, -0.2) is 15.6 Å². The van der Waals surface area contributed by atoms with Gasteiger partial charge in [0.25, 0.3) is 0 Å². The molecule has 2 aromatic heterocycles. The summed E-state index contributed by atoms with van der Waals surface area (Å²) in [5.41, 5.74) is 2.25. The number of rotatable bonds is 5. The number of hydrogen-bond acceptors (Lipinski definition) is 3. The van der Waals surface area contributed by atoms with Gasteiger partial charge >= 0.3 is 0 Å². The topological polar surface area (TPSA) is 48.0 Å². The molecule has 0 aliphatic heterocycles. The van der Waals surface area contributed by atoms with Crippen LogP contribution < -0.4 is 0 Å². The van der Waals surface area contributed by atoms with Gasteiger partial charge in [-0.05, 0) is 55.8 Å². The number of ketones is 1. The van der Waals surface area contributed by atoms with E-state index in [4.69, 9.17) is 16.0 Å². The van der Waals surface area contributed by atoms with Gasteiger partial charge in [-0.2, -0.15) is 5.10 Å². The minimum absolute atomic E-state index is 0.241. The van der Waals surface area contributed by atoms with Crippen molar-refractivity contribution in [1.82, 2.24) is 9.78 Å². The fraction of sp³-hybridized carbons (Fsp3) is 0.158. The highest BCUT2D eigenvalue weighted by Crippen LogP contribution is 2.23. The maximum absolute atomic E-state index is 13.0. The fourth-order valence-electron chi connectivity index (χ4n) is 2.43. The molecular weight excluding hydrogens is 343 g/mol. The van der Waals surface area contributed by atoms with Crippen molar-refractivity contribution in [1.29, 1.82) is 0 Å². The van der Waals surface area contributed by atoms with E-state index in [-0.39, 0.29) is 17.4 Å². The van der Waals surface area contributed by atoms with E-state index < -0.39 is 0 Å². The number of allylic oxidation sites excluding steroid dienone is 1. The van der Waals surface area contributed by atoms with E-state index >= 15 is 0 Å². The van der Waals surface area contributed by atoms with E-state index in [9.17, 15) is 9.18 Å². The van der Waals surface area contributed by atoms with Gasteiger partial charge in [0.1, 0.15) is 16.7 Å². The second kappa shape index (κ2) is 7.07. The van der Waals surface area contributed by atoms with E-state index in [0.29, 0.717) is 28.7 Å². The minimum Gasteiger partial charge on any atom is -0.458 e. The summed E-state index contributed by atoms with van der Waals surface area (Å²) in [5.74, 6) is 0.427. The Bertz CT molecular complexity index is 939. The molecule has 0 aliphatic rings. The smallest absolute Gasteiger partial charge is 0.221 e. The van der Waals surface area contributed by atoms with Crippen LogP contribution in [0, 0.1) is 19.7 Å². The number of carbonyl (C=O) groups is 1. The van der Waals surface area contributed by atoms with Crippen LogP contribution in [0.5, 0.6) is 0 Å². The van der Waals surface area contributed by atoms with E-state index in [1.807, 2.05) is 6.92 Å². The quantitative estimate of drug-likeness (QED) is 0.485. The first kappa shape index (κ1) is 17.2. The van der Waals surface area contributed by atoms with Crippen LogP contribution >= 0.6 is 11.6 Å². The van der Waals surface area contributed by atoms with Gasteiger partial charge in [0.15, 0.2) is 5.76 Å². The molecule has 128 valence electrons. The Balaban J connectivity index is 1.80. The molecule has 0 unspecified atom stereocenters. The highest BCUT2D eigenvalue weighted by molar-refractivity contribution is 6.31. The number of aryl methyl sites for hydroxylation is 2. The Morgan fingerprint density at radius 2 is 1.96 bits per heavy atom. The number of benzene rings is 1. The molecule has 0 bridgehead atoms. The van der Waals surface area contributed by atoms with Crippen molar-refractivity contribution in [3.8, 4) is 0 Å². The predicted molar refractivity (Wildman–Crippen MR) is 94.3 cm³/mol. The van der Waals surface area contributed by atoms with Gasteiger partial charge in [-0.15, -0.1) is 0 Å². The molecule has 4 nitrogen and oxygen atoms in total. The third-order valence-electron chi connectivity index (χ3n) is 3.74. The van der Waals surface area contributed by atoms with Crippen molar-refractivity contribution >= 4 is 23.5 Å². The second-order valence-electron chi connectivity index (χ2n) is 5.68. The summed E-state index contributed by atoms with van der Waals surface area (Å²) in [4.78, 5) is 12.1. The number of carbonyl (C=O) groups excluding carboxylic acids is 1. The molecule has 0 spiro atoms. The van der Waals surface area contributed by atoms with Gasteiger partial charge < -0.3 is 4.42 Å². The Labute approximate surface area is 149 Å². The zero-order valence-electron chi connectivity index (χ0n) is 13.8. The molecule has 25 heavy (non-hydrogen) atoms. The van der Waals surface area contributed by atoms with Crippen LogP contribution in [0.15, 0.2) is 46.9 Å². The lowest BCUT2D eigenvalue weighted by Crippen LogP contribution is -2.02. The van der Waals surface area contributed by atoms with Crippen molar-refractivity contribution in [2.24, 2.45) is 0 Å². The molecule has 6 heteroatoms. The Hall–Kier alpha value is -2.66. The largest absolute Gasteiger partial charge is 0.458 e. The molecule has 0 N–H and O–H groups in total. The van der Waals surface area contributed by atoms with Gasteiger partial charge in [-0.1, -0.05) is 23.7 Å². The molecule has 3 rings (SSSR count). The zero-order chi connectivity index (χ0) is 18.0. The van der Waals surface area contributed by atoms with Crippen LogP contribution in [-0.2, 0) is 6.54 Å². The lowest BCUT2D eigenvalue weighted by molar-refractivity contribution is 0.102. The fourth-order valence-corrected chi connectivity index (χ4v) is 2.73. The molecule has 0 radical (unpaired) electrons. The lowest BCUT2D eigenvalue weighted by atomic mass is 10.2. The highest BCUT2D eigenvalue weighted by atomic mass is 35.5.